The number of nitrogens with one attached hydrogen (secondary N) is 1. The van der Waals surface area contributed by atoms with Gasteiger partial charge in [-0.15, -0.1) is 0 Å². The first-order valence-corrected chi connectivity index (χ1v) is 8.35. The number of fused-ring (bicyclic) bond motifs is 1. The molecule has 3 rings (SSSR count). The summed E-state index contributed by atoms with van der Waals surface area (Å²) in [6.45, 7) is 1.93. The number of hydrogen-bond donors (Lipinski definition) is 1. The van der Waals surface area contributed by atoms with E-state index in [0.29, 0.717) is 11.2 Å². The fourth-order valence-electron chi connectivity index (χ4n) is 2.26. The molecule has 0 atom stereocenters. The smallest absolute Gasteiger partial charge is 0.284 e. The van der Waals surface area contributed by atoms with Crippen molar-refractivity contribution in [3.8, 4) is 0 Å². The topological polar surface area (TPSA) is 76.9 Å². The lowest BCUT2D eigenvalue weighted by Gasteiger charge is -2.08. The molecule has 24 heavy (non-hydrogen) atoms. The van der Waals surface area contributed by atoms with E-state index in [1.54, 1.807) is 25.4 Å². The van der Waals surface area contributed by atoms with Crippen LogP contribution in [0.15, 0.2) is 52.4 Å². The number of carbonyl (C=O) groups excluding carboxylic acids is 1. The number of pyridine rings is 1. The van der Waals surface area contributed by atoms with Gasteiger partial charge in [0.25, 0.3) is 5.56 Å². The molecule has 0 saturated carbocycles. The molecule has 2 heterocycles. The molecule has 0 aliphatic carbocycles. The Morgan fingerprint density at radius 3 is 2.83 bits per heavy atom. The van der Waals surface area contributed by atoms with Gasteiger partial charge in [0.1, 0.15) is 5.52 Å². The number of hydrogen-bond acceptors (Lipinski definition) is 5. The monoisotopic (exact) mass is 340 g/mol. The zero-order valence-electron chi connectivity index (χ0n) is 13.3. The number of nitrogens with zero attached hydrogens (tertiary/aromatic N) is 3. The van der Waals surface area contributed by atoms with Gasteiger partial charge in [-0.1, -0.05) is 30.0 Å². The van der Waals surface area contributed by atoms with Gasteiger partial charge >= 0.3 is 0 Å². The number of aromatic nitrogens is 3. The second-order valence-corrected chi connectivity index (χ2v) is 6.24. The highest BCUT2D eigenvalue weighted by Crippen LogP contribution is 2.17. The molecule has 1 N–H and O–H groups in total. The van der Waals surface area contributed by atoms with Crippen molar-refractivity contribution in [2.45, 2.75) is 11.9 Å². The van der Waals surface area contributed by atoms with Gasteiger partial charge in [0.2, 0.25) is 5.91 Å². The minimum atomic E-state index is -0.255. The van der Waals surface area contributed by atoms with Crippen molar-refractivity contribution in [3.05, 3.63) is 58.5 Å². The third kappa shape index (κ3) is 3.30. The van der Waals surface area contributed by atoms with Crippen molar-refractivity contribution >= 4 is 34.5 Å². The zero-order chi connectivity index (χ0) is 17.1. The quantitative estimate of drug-likeness (QED) is 0.738. The Hall–Kier alpha value is -2.67. The number of rotatable bonds is 4. The number of thioether (sulfide) groups is 1. The number of para-hydroxylation sites is 1. The van der Waals surface area contributed by atoms with Crippen LogP contribution in [0.5, 0.6) is 0 Å². The highest BCUT2D eigenvalue weighted by Gasteiger charge is 2.12. The van der Waals surface area contributed by atoms with Gasteiger partial charge in [-0.05, 0) is 30.7 Å². The molecule has 0 unspecified atom stereocenters. The molecule has 0 spiro atoms. The molecule has 0 aliphatic rings. The van der Waals surface area contributed by atoms with Gasteiger partial charge in [0.05, 0.1) is 5.75 Å². The minimum Gasteiger partial charge on any atom is -0.325 e. The maximum atomic E-state index is 12.3. The lowest BCUT2D eigenvalue weighted by Crippen LogP contribution is -2.22. The highest BCUT2D eigenvalue weighted by molar-refractivity contribution is 7.99. The van der Waals surface area contributed by atoms with Gasteiger partial charge in [-0.2, -0.15) is 0 Å². The summed E-state index contributed by atoms with van der Waals surface area (Å²) in [5.74, 6) is -0.0630. The summed E-state index contributed by atoms with van der Waals surface area (Å²) in [4.78, 5) is 32.9. The molecule has 122 valence electrons. The summed E-state index contributed by atoms with van der Waals surface area (Å²) in [5.41, 5.74) is 2.65. The third-order valence-corrected chi connectivity index (χ3v) is 4.50. The zero-order valence-corrected chi connectivity index (χ0v) is 14.1. The SMILES string of the molecule is Cc1ccccc1NC(=O)CSc1nc2cccnc2n(C)c1=O. The lowest BCUT2D eigenvalue weighted by molar-refractivity contribution is -0.113. The molecule has 0 bridgehead atoms. The van der Waals surface area contributed by atoms with Crippen LogP contribution in [0.4, 0.5) is 5.69 Å². The Bertz CT molecular complexity index is 968. The summed E-state index contributed by atoms with van der Waals surface area (Å²) in [5, 5.41) is 3.13. The van der Waals surface area contributed by atoms with E-state index in [1.165, 1.54) is 4.57 Å². The van der Waals surface area contributed by atoms with E-state index in [4.69, 9.17) is 0 Å². The highest BCUT2D eigenvalue weighted by atomic mass is 32.2. The lowest BCUT2D eigenvalue weighted by atomic mass is 10.2. The first-order chi connectivity index (χ1) is 11.6. The first kappa shape index (κ1) is 16.2. The van der Waals surface area contributed by atoms with Crippen LogP contribution in [0.1, 0.15) is 5.56 Å². The van der Waals surface area contributed by atoms with Gasteiger partial charge in [0.15, 0.2) is 10.7 Å². The van der Waals surface area contributed by atoms with Crippen molar-refractivity contribution in [2.24, 2.45) is 7.05 Å². The molecule has 2 aromatic heterocycles. The van der Waals surface area contributed by atoms with Crippen LogP contribution in [-0.2, 0) is 11.8 Å². The fourth-order valence-corrected chi connectivity index (χ4v) is 3.02. The normalized spacial score (nSPS) is 10.8. The van der Waals surface area contributed by atoms with Crippen molar-refractivity contribution < 1.29 is 4.79 Å². The van der Waals surface area contributed by atoms with Gasteiger partial charge < -0.3 is 5.32 Å². The molecule has 0 fully saturated rings. The molecule has 1 amide bonds. The van der Waals surface area contributed by atoms with E-state index < -0.39 is 0 Å². The largest absolute Gasteiger partial charge is 0.325 e. The Labute approximate surface area is 142 Å². The van der Waals surface area contributed by atoms with Crippen molar-refractivity contribution in [2.75, 3.05) is 11.1 Å². The average molecular weight is 340 g/mol. The first-order valence-electron chi connectivity index (χ1n) is 7.36. The molecule has 7 heteroatoms. The predicted octanol–water partition coefficient (Wildman–Crippen LogP) is 2.37. The maximum absolute atomic E-state index is 12.3. The molecule has 3 aromatic rings. The van der Waals surface area contributed by atoms with Crippen molar-refractivity contribution in [1.29, 1.82) is 0 Å². The van der Waals surface area contributed by atoms with Crippen LogP contribution in [-0.4, -0.2) is 26.2 Å². The van der Waals surface area contributed by atoms with E-state index in [9.17, 15) is 9.59 Å². The third-order valence-electron chi connectivity index (χ3n) is 3.55. The van der Waals surface area contributed by atoms with Crippen LogP contribution in [0.25, 0.3) is 11.2 Å². The Morgan fingerprint density at radius 2 is 2.04 bits per heavy atom. The maximum Gasteiger partial charge on any atom is 0.284 e. The Kier molecular flexibility index (Phi) is 4.61. The number of carbonyl (C=O) groups is 1. The van der Waals surface area contributed by atoms with Crippen LogP contribution in [0, 0.1) is 6.92 Å². The number of benzene rings is 1. The second-order valence-electron chi connectivity index (χ2n) is 5.28. The van der Waals surface area contributed by atoms with Crippen LogP contribution in [0.2, 0.25) is 0 Å². The van der Waals surface area contributed by atoms with E-state index in [1.807, 2.05) is 31.2 Å². The summed E-state index contributed by atoms with van der Waals surface area (Å²) in [6, 6.07) is 11.1. The van der Waals surface area contributed by atoms with Crippen LogP contribution < -0.4 is 10.9 Å². The van der Waals surface area contributed by atoms with E-state index >= 15 is 0 Å². The number of anilines is 1. The summed E-state index contributed by atoms with van der Waals surface area (Å²) in [6.07, 6.45) is 1.62. The number of amides is 1. The minimum absolute atomic E-state index is 0.113. The number of aryl methyl sites for hydroxylation is 2. The van der Waals surface area contributed by atoms with Crippen LogP contribution in [0.3, 0.4) is 0 Å². The Balaban J connectivity index is 1.76. The molecule has 0 aliphatic heterocycles. The molecule has 0 radical (unpaired) electrons. The average Bonchev–Trinajstić information content (AvgIpc) is 2.59. The fraction of sp³-hybridized carbons (Fsp3) is 0.176. The van der Waals surface area contributed by atoms with E-state index in [0.717, 1.165) is 23.0 Å². The molecule has 6 nitrogen and oxygen atoms in total. The summed E-state index contributed by atoms with van der Waals surface area (Å²) < 4.78 is 1.45. The molecule has 0 saturated heterocycles. The van der Waals surface area contributed by atoms with Crippen LogP contribution >= 0.6 is 11.8 Å². The van der Waals surface area contributed by atoms with E-state index in [-0.39, 0.29) is 22.2 Å². The summed E-state index contributed by atoms with van der Waals surface area (Å²) >= 11 is 1.12. The summed E-state index contributed by atoms with van der Waals surface area (Å²) in [7, 11) is 1.65. The molecule has 1 aromatic carbocycles. The van der Waals surface area contributed by atoms with E-state index in [2.05, 4.69) is 15.3 Å². The van der Waals surface area contributed by atoms with Gasteiger partial charge in [0, 0.05) is 18.9 Å². The molecular weight excluding hydrogens is 324 g/mol. The second kappa shape index (κ2) is 6.84. The van der Waals surface area contributed by atoms with Gasteiger partial charge in [-0.25, -0.2) is 9.97 Å². The molecular formula is C17H16N4O2S. The standard InChI is InChI=1S/C17H16N4O2S/c1-11-6-3-4-7-12(11)19-14(22)10-24-16-17(23)21(2)15-13(20-16)8-5-9-18-15/h3-9H,10H2,1-2H3,(H,19,22). The predicted molar refractivity (Wildman–Crippen MR) is 95.3 cm³/mol. The Morgan fingerprint density at radius 1 is 1.25 bits per heavy atom. The van der Waals surface area contributed by atoms with Crippen molar-refractivity contribution in [1.82, 2.24) is 14.5 Å². The van der Waals surface area contributed by atoms with Crippen molar-refractivity contribution in [3.63, 3.8) is 0 Å². The van der Waals surface area contributed by atoms with Gasteiger partial charge in [-0.3, -0.25) is 14.2 Å².